The highest BCUT2D eigenvalue weighted by Gasteiger charge is 2.58. The van der Waals surface area contributed by atoms with Crippen LogP contribution in [0.4, 0.5) is 0 Å². The number of imidazole rings is 1. The first kappa shape index (κ1) is 19.7. The van der Waals surface area contributed by atoms with Gasteiger partial charge in [-0.3, -0.25) is 4.79 Å². The van der Waals surface area contributed by atoms with Gasteiger partial charge in [0.15, 0.2) is 0 Å². The largest absolute Gasteiger partial charge is 0.356 e. The van der Waals surface area contributed by atoms with Crippen LogP contribution in [0.3, 0.4) is 0 Å². The molecule has 4 heteroatoms. The minimum atomic E-state index is 0.266. The standard InChI is InChI=1S/C22H31N3O.C2H6/c1-21-10-8-20(26)24-13-15(21)3-4-16-17-5-6-19(25-12-11-23-14-25)22(17,2)9-7-18(16)21;1-2/h6,11-12,14-18H,3-5,7-10,13H2,1-2H3,(H,24,26);1-2H3. The lowest BCUT2D eigenvalue weighted by atomic mass is 9.47. The van der Waals surface area contributed by atoms with E-state index >= 15 is 0 Å². The maximum atomic E-state index is 12.0. The molecule has 1 aromatic heterocycles. The van der Waals surface area contributed by atoms with Crippen molar-refractivity contribution in [1.82, 2.24) is 14.9 Å². The first-order valence-electron chi connectivity index (χ1n) is 11.5. The van der Waals surface area contributed by atoms with Gasteiger partial charge in [-0.05, 0) is 67.6 Å². The maximum Gasteiger partial charge on any atom is 0.220 e. The number of allylic oxidation sites excluding steroid dienone is 2. The predicted octanol–water partition coefficient (Wildman–Crippen LogP) is 5.13. The van der Waals surface area contributed by atoms with E-state index in [-0.39, 0.29) is 11.3 Å². The Morgan fingerprint density at radius 3 is 2.71 bits per heavy atom. The summed E-state index contributed by atoms with van der Waals surface area (Å²) in [4.78, 5) is 16.3. The summed E-state index contributed by atoms with van der Waals surface area (Å²) in [5, 5.41) is 3.18. The number of rotatable bonds is 1. The molecule has 3 aliphatic carbocycles. The molecule has 6 unspecified atom stereocenters. The van der Waals surface area contributed by atoms with Crippen LogP contribution in [0, 0.1) is 34.5 Å². The van der Waals surface area contributed by atoms with E-state index in [1.807, 2.05) is 26.4 Å². The number of aromatic nitrogens is 2. The second-order valence-corrected chi connectivity index (χ2v) is 9.71. The molecule has 4 nitrogen and oxygen atoms in total. The number of amides is 1. The molecular formula is C24H37N3O. The van der Waals surface area contributed by atoms with Crippen LogP contribution < -0.4 is 5.32 Å². The molecule has 1 N–H and O–H groups in total. The molecular weight excluding hydrogens is 346 g/mol. The average Bonchev–Trinajstić information content (AvgIpc) is 3.31. The summed E-state index contributed by atoms with van der Waals surface area (Å²) in [6, 6.07) is 0. The average molecular weight is 384 g/mol. The van der Waals surface area contributed by atoms with Gasteiger partial charge in [-0.1, -0.05) is 33.8 Å². The number of hydrogen-bond donors (Lipinski definition) is 1. The Morgan fingerprint density at radius 2 is 1.96 bits per heavy atom. The van der Waals surface area contributed by atoms with Crippen molar-refractivity contribution in [2.45, 2.75) is 72.6 Å². The smallest absolute Gasteiger partial charge is 0.220 e. The summed E-state index contributed by atoms with van der Waals surface area (Å²) in [6.45, 7) is 9.91. The number of nitrogens with zero attached hydrogens (tertiary/aromatic N) is 2. The molecule has 0 spiro atoms. The highest BCUT2D eigenvalue weighted by atomic mass is 16.1. The molecule has 2 heterocycles. The third-order valence-electron chi connectivity index (χ3n) is 8.82. The SMILES string of the molecule is CC.CC12CCC3C(CCC4CNC(=O)CCC43C)C1CC=C2n1ccnc1. The van der Waals surface area contributed by atoms with Gasteiger partial charge in [0.2, 0.25) is 5.91 Å². The second kappa shape index (κ2) is 7.35. The van der Waals surface area contributed by atoms with Gasteiger partial charge in [-0.15, -0.1) is 0 Å². The monoisotopic (exact) mass is 383 g/mol. The molecule has 4 aliphatic rings. The van der Waals surface area contributed by atoms with Crippen LogP contribution in [0.15, 0.2) is 24.8 Å². The second-order valence-electron chi connectivity index (χ2n) is 9.71. The van der Waals surface area contributed by atoms with E-state index in [4.69, 9.17) is 0 Å². The van der Waals surface area contributed by atoms with Gasteiger partial charge in [0, 0.05) is 36.5 Å². The fourth-order valence-electron chi connectivity index (χ4n) is 7.31. The van der Waals surface area contributed by atoms with Crippen LogP contribution in [-0.2, 0) is 4.79 Å². The quantitative estimate of drug-likeness (QED) is 0.731. The molecule has 1 amide bonds. The lowest BCUT2D eigenvalue weighted by molar-refractivity contribution is -0.121. The zero-order valence-corrected chi connectivity index (χ0v) is 18.1. The zero-order valence-electron chi connectivity index (χ0n) is 18.1. The van der Waals surface area contributed by atoms with Crippen molar-refractivity contribution in [2.75, 3.05) is 6.54 Å². The van der Waals surface area contributed by atoms with E-state index in [9.17, 15) is 4.79 Å². The van der Waals surface area contributed by atoms with Crippen molar-refractivity contribution in [1.29, 1.82) is 0 Å². The Kier molecular flexibility index (Phi) is 5.18. The Morgan fingerprint density at radius 1 is 1.14 bits per heavy atom. The van der Waals surface area contributed by atoms with Gasteiger partial charge in [0.25, 0.3) is 0 Å². The van der Waals surface area contributed by atoms with Gasteiger partial charge in [-0.2, -0.15) is 0 Å². The number of carbonyl (C=O) groups is 1. The minimum absolute atomic E-state index is 0.266. The fourth-order valence-corrected chi connectivity index (χ4v) is 7.31. The highest BCUT2D eigenvalue weighted by Crippen LogP contribution is 2.65. The minimum Gasteiger partial charge on any atom is -0.356 e. The van der Waals surface area contributed by atoms with Crippen LogP contribution in [0.2, 0.25) is 0 Å². The zero-order chi connectivity index (χ0) is 19.9. The van der Waals surface area contributed by atoms with Crippen molar-refractivity contribution in [2.24, 2.45) is 34.5 Å². The molecule has 28 heavy (non-hydrogen) atoms. The fraction of sp³-hybridized carbons (Fsp3) is 0.750. The van der Waals surface area contributed by atoms with Crippen LogP contribution >= 0.6 is 0 Å². The van der Waals surface area contributed by atoms with Gasteiger partial charge < -0.3 is 9.88 Å². The van der Waals surface area contributed by atoms with Crippen LogP contribution in [-0.4, -0.2) is 22.0 Å². The van der Waals surface area contributed by atoms with E-state index in [1.54, 1.807) is 0 Å². The molecule has 5 rings (SSSR count). The molecule has 1 saturated heterocycles. The Hall–Kier alpha value is -1.58. The number of fused-ring (bicyclic) bond motifs is 5. The molecule has 0 radical (unpaired) electrons. The number of hydrogen-bond acceptors (Lipinski definition) is 2. The number of carbonyl (C=O) groups excluding carboxylic acids is 1. The summed E-state index contributed by atoms with van der Waals surface area (Å²) >= 11 is 0. The Bertz CT molecular complexity index is 739. The van der Waals surface area contributed by atoms with E-state index in [0.717, 1.165) is 37.1 Å². The Labute approximate surface area is 170 Å². The highest BCUT2D eigenvalue weighted by molar-refractivity contribution is 5.76. The Balaban J connectivity index is 0.000000932. The molecule has 0 bridgehead atoms. The maximum absolute atomic E-state index is 12.0. The summed E-state index contributed by atoms with van der Waals surface area (Å²) in [5.41, 5.74) is 2.09. The van der Waals surface area contributed by atoms with E-state index in [1.165, 1.54) is 37.8 Å². The van der Waals surface area contributed by atoms with E-state index < -0.39 is 0 Å². The summed E-state index contributed by atoms with van der Waals surface area (Å²) < 4.78 is 2.25. The van der Waals surface area contributed by atoms with Crippen LogP contribution in [0.25, 0.3) is 5.70 Å². The van der Waals surface area contributed by atoms with Crippen molar-refractivity contribution < 1.29 is 4.79 Å². The molecule has 3 fully saturated rings. The van der Waals surface area contributed by atoms with Gasteiger partial charge in [0.05, 0.1) is 6.33 Å². The molecule has 1 aliphatic heterocycles. The summed E-state index contributed by atoms with van der Waals surface area (Å²) in [6.07, 6.45) is 16.7. The van der Waals surface area contributed by atoms with Crippen molar-refractivity contribution in [3.05, 3.63) is 24.8 Å². The number of nitrogens with one attached hydrogen (secondary N) is 1. The predicted molar refractivity (Wildman–Crippen MR) is 113 cm³/mol. The first-order chi connectivity index (χ1) is 13.5. The van der Waals surface area contributed by atoms with Crippen LogP contribution in [0.1, 0.15) is 72.6 Å². The molecule has 6 atom stereocenters. The lowest BCUT2D eigenvalue weighted by Gasteiger charge is -2.58. The molecule has 0 aromatic carbocycles. The normalized spacial score (nSPS) is 42.0. The topological polar surface area (TPSA) is 46.9 Å². The summed E-state index contributed by atoms with van der Waals surface area (Å²) in [7, 11) is 0. The third kappa shape index (κ3) is 2.86. The van der Waals surface area contributed by atoms with Crippen molar-refractivity contribution in [3.8, 4) is 0 Å². The van der Waals surface area contributed by atoms with Crippen molar-refractivity contribution in [3.63, 3.8) is 0 Å². The van der Waals surface area contributed by atoms with Gasteiger partial charge >= 0.3 is 0 Å². The van der Waals surface area contributed by atoms with Gasteiger partial charge in [0.1, 0.15) is 0 Å². The first-order valence-corrected chi connectivity index (χ1v) is 11.5. The van der Waals surface area contributed by atoms with Crippen LogP contribution in [0.5, 0.6) is 0 Å². The molecule has 154 valence electrons. The van der Waals surface area contributed by atoms with E-state index in [2.05, 4.69) is 41.0 Å². The molecule has 1 aromatic rings. The molecule has 2 saturated carbocycles. The summed E-state index contributed by atoms with van der Waals surface area (Å²) in [5.74, 6) is 3.27. The third-order valence-corrected chi connectivity index (χ3v) is 8.82. The van der Waals surface area contributed by atoms with E-state index in [0.29, 0.717) is 11.3 Å². The van der Waals surface area contributed by atoms with Crippen molar-refractivity contribution >= 4 is 11.6 Å². The van der Waals surface area contributed by atoms with Gasteiger partial charge in [-0.25, -0.2) is 4.98 Å². The lowest BCUT2D eigenvalue weighted by Crippen LogP contribution is -2.52.